The Labute approximate surface area is 272 Å². The number of fused-ring (bicyclic) bond motifs is 6. The van der Waals surface area contributed by atoms with E-state index >= 15 is 0 Å². The smallest absolute Gasteiger partial charge is 1.00 e. The molecule has 1 aliphatic carbocycles. The molecule has 2 aliphatic heterocycles. The molecule has 0 saturated carbocycles. The molecule has 1 aromatic heterocycles. The second-order valence-electron chi connectivity index (χ2n) is 12.2. The van der Waals surface area contributed by atoms with Crippen molar-refractivity contribution < 1.29 is 49.5 Å². The summed E-state index contributed by atoms with van der Waals surface area (Å²) in [5, 5.41) is 5.59. The Morgan fingerprint density at radius 1 is 0.800 bits per heavy atom. The molecule has 0 spiro atoms. The minimum atomic E-state index is -1.39. The largest absolute Gasteiger partial charge is 1.00 e. The van der Waals surface area contributed by atoms with Gasteiger partial charge in [-0.1, -0.05) is 47.6 Å². The first-order valence-corrected chi connectivity index (χ1v) is 18.5. The Balaban J connectivity index is 0.000000179. The van der Waals surface area contributed by atoms with Gasteiger partial charge in [0.05, 0.1) is 0 Å². The molecule has 7 rings (SSSR count). The van der Waals surface area contributed by atoms with Gasteiger partial charge in [-0.15, -0.1) is 11.3 Å². The molecule has 203 valence electrons. The van der Waals surface area contributed by atoms with Gasteiger partial charge in [0.25, 0.3) is 0 Å². The van der Waals surface area contributed by atoms with Crippen LogP contribution >= 0.6 is 11.3 Å². The third-order valence-corrected chi connectivity index (χ3v) is 17.1. The molecule has 5 heteroatoms. The third-order valence-electron chi connectivity index (χ3n) is 8.86. The summed E-state index contributed by atoms with van der Waals surface area (Å²) >= 11 is 3.54. The zero-order valence-corrected chi connectivity index (χ0v) is 29.8. The van der Waals surface area contributed by atoms with Crippen LogP contribution < -0.4 is 30.0 Å². The standard InChI is InChI=1S/C20H21.C15H14SSi.2ClH.Zr/c1-14-12-16-6-5-7-18(19(16)13-14)15-8-10-17(11-9-15)20(2,3)4;1-10-14-12-8-9-16-13(12)15(10)17(14,2)11-6-4-3-5-7-11;;;/h5-13H,1-4H3;3-9,15H,1-2H3;2*1H;/q;;;;+2/p-2. The average molecular weight is 678 g/mol. The molecule has 3 aromatic carbocycles. The predicted octanol–water partition coefficient (Wildman–Crippen LogP) is 3.36. The van der Waals surface area contributed by atoms with Crippen molar-refractivity contribution in [3.05, 3.63) is 123 Å². The number of hydrogen-bond donors (Lipinski definition) is 0. The number of halogens is 2. The van der Waals surface area contributed by atoms with Crippen molar-refractivity contribution in [2.75, 3.05) is 0 Å². The molecule has 0 amide bonds. The molecular weight excluding hydrogens is 643 g/mol. The summed E-state index contributed by atoms with van der Waals surface area (Å²) in [5.41, 5.74) is 12.8. The fourth-order valence-electron chi connectivity index (χ4n) is 6.80. The minimum Gasteiger partial charge on any atom is -1.00 e. The Kier molecular flexibility index (Phi) is 9.17. The number of benzene rings is 3. The van der Waals surface area contributed by atoms with E-state index in [9.17, 15) is 0 Å². The summed E-state index contributed by atoms with van der Waals surface area (Å²) in [6, 6.07) is 29.3. The van der Waals surface area contributed by atoms with Crippen molar-refractivity contribution >= 4 is 35.9 Å². The zero-order chi connectivity index (χ0) is 26.8. The van der Waals surface area contributed by atoms with E-state index in [0.29, 0.717) is 3.63 Å². The van der Waals surface area contributed by atoms with Gasteiger partial charge in [0, 0.05) is 10.4 Å². The van der Waals surface area contributed by atoms with Crippen molar-refractivity contribution in [1.82, 2.24) is 0 Å². The number of rotatable bonds is 2. The van der Waals surface area contributed by atoms with Crippen LogP contribution in [0.1, 0.15) is 70.9 Å². The normalized spacial score (nSPS) is 21.6. The maximum atomic E-state index is 2.54. The molecule has 3 heterocycles. The first kappa shape index (κ1) is 31.5. The third kappa shape index (κ3) is 4.95. The van der Waals surface area contributed by atoms with Crippen molar-refractivity contribution in [1.29, 1.82) is 0 Å². The summed E-state index contributed by atoms with van der Waals surface area (Å²) in [6.07, 6.45) is 2.38. The van der Waals surface area contributed by atoms with Crippen LogP contribution in [0.15, 0.2) is 95.4 Å². The monoisotopic (exact) mass is 675 g/mol. The molecule has 0 fully saturated rings. The van der Waals surface area contributed by atoms with E-state index in [-0.39, 0.29) is 30.2 Å². The molecule has 0 radical (unpaired) electrons. The van der Waals surface area contributed by atoms with Gasteiger partial charge in [-0.05, 0) is 29.1 Å². The van der Waals surface area contributed by atoms with E-state index in [4.69, 9.17) is 0 Å². The number of allylic oxidation sites excluding steroid dienone is 2. The maximum absolute atomic E-state index is 2.54. The molecule has 0 N–H and O–H groups in total. The Morgan fingerprint density at radius 2 is 1.48 bits per heavy atom. The molecule has 3 aliphatic rings. The van der Waals surface area contributed by atoms with Crippen molar-refractivity contribution in [2.24, 2.45) is 0 Å². The fraction of sp³-hybridized carbons (Fsp3) is 0.257. The van der Waals surface area contributed by atoms with Gasteiger partial charge >= 0.3 is 143 Å². The summed E-state index contributed by atoms with van der Waals surface area (Å²) in [5.74, 6) is 0. The maximum Gasteiger partial charge on any atom is -1.00 e. The van der Waals surface area contributed by atoms with E-state index in [1.54, 1.807) is 51.1 Å². The van der Waals surface area contributed by atoms with Crippen LogP contribution in [0.4, 0.5) is 0 Å². The van der Waals surface area contributed by atoms with E-state index in [1.165, 1.54) is 33.4 Å². The van der Waals surface area contributed by atoms with Gasteiger partial charge in [0.2, 0.25) is 0 Å². The van der Waals surface area contributed by atoms with E-state index in [2.05, 4.69) is 131 Å². The van der Waals surface area contributed by atoms with Gasteiger partial charge in [-0.2, -0.15) is 0 Å². The quantitative estimate of drug-likeness (QED) is 0.286. The molecule has 3 unspecified atom stereocenters. The van der Waals surface area contributed by atoms with E-state index in [0.717, 1.165) is 5.54 Å². The van der Waals surface area contributed by atoms with Crippen LogP contribution in [0.2, 0.25) is 6.55 Å². The molecule has 4 aromatic rings. The molecular formula is C35H35Cl2SSiZr. The van der Waals surface area contributed by atoms with Crippen molar-refractivity contribution in [2.45, 2.75) is 55.7 Å². The van der Waals surface area contributed by atoms with Crippen LogP contribution in [0.3, 0.4) is 0 Å². The van der Waals surface area contributed by atoms with Crippen LogP contribution in [0.25, 0.3) is 22.4 Å². The number of thiophene rings is 1. The molecule has 0 saturated heterocycles. The van der Waals surface area contributed by atoms with Crippen molar-refractivity contribution in [3.63, 3.8) is 0 Å². The molecule has 3 atom stereocenters. The molecule has 40 heavy (non-hydrogen) atoms. The van der Waals surface area contributed by atoms with Crippen LogP contribution in [0, 0.1) is 0 Å². The summed E-state index contributed by atoms with van der Waals surface area (Å²) in [4.78, 5) is 1.65. The van der Waals surface area contributed by atoms with E-state index < -0.39 is 8.07 Å². The second-order valence-corrected chi connectivity index (χ2v) is 18.6. The summed E-state index contributed by atoms with van der Waals surface area (Å²) in [6.45, 7) is 13.9. The first-order chi connectivity index (χ1) is 18.1. The second kappa shape index (κ2) is 11.7. The van der Waals surface area contributed by atoms with Crippen LogP contribution in [0.5, 0.6) is 0 Å². The van der Waals surface area contributed by atoms with Crippen molar-refractivity contribution in [3.8, 4) is 11.1 Å². The van der Waals surface area contributed by atoms with Crippen LogP contribution in [-0.2, 0) is 30.1 Å². The summed E-state index contributed by atoms with van der Waals surface area (Å²) in [7, 11) is -1.39. The van der Waals surface area contributed by atoms with Gasteiger partial charge in [0.15, 0.2) is 0 Å². The Morgan fingerprint density at radius 3 is 2.10 bits per heavy atom. The molecule has 2 bridgehead atoms. The SMILES string of the molecule is CC1=C2c3ccsc3C1[Si]2(C)c1ccccc1.CC1=Cc2c(-c3ccc(C(C)(C)C)cc3)cccc2[CH]1[Zr+2].[Cl-].[Cl-]. The predicted molar refractivity (Wildman–Crippen MR) is 164 cm³/mol. The van der Waals surface area contributed by atoms with Gasteiger partial charge in [-0.25, -0.2) is 0 Å². The fourth-order valence-corrected chi connectivity index (χ4v) is 14.6. The van der Waals surface area contributed by atoms with Gasteiger partial charge < -0.3 is 24.8 Å². The van der Waals surface area contributed by atoms with E-state index in [1.807, 2.05) is 11.3 Å². The first-order valence-electron chi connectivity index (χ1n) is 13.6. The van der Waals surface area contributed by atoms with Crippen LogP contribution in [-0.4, -0.2) is 8.07 Å². The van der Waals surface area contributed by atoms with Gasteiger partial charge in [0.1, 0.15) is 8.07 Å². The topological polar surface area (TPSA) is 0 Å². The molecule has 0 nitrogen and oxygen atoms in total. The van der Waals surface area contributed by atoms with Gasteiger partial charge in [-0.3, -0.25) is 0 Å². The number of hydrogen-bond acceptors (Lipinski definition) is 1. The Hall–Kier alpha value is -1.48. The zero-order valence-electron chi connectivity index (χ0n) is 24.0. The summed E-state index contributed by atoms with van der Waals surface area (Å²) < 4.78 is 0.640. The minimum absolute atomic E-state index is 0. The Bertz CT molecular complexity index is 1590. The average Bonchev–Trinajstić information content (AvgIpc) is 3.62.